The van der Waals surface area contributed by atoms with Gasteiger partial charge in [0.2, 0.25) is 0 Å². The molecule has 3 N–H and O–H groups in total. The Kier molecular flexibility index (Phi) is 7.47. The molecule has 0 unspecified atom stereocenters. The van der Waals surface area contributed by atoms with Gasteiger partial charge in [0.15, 0.2) is 0 Å². The number of nitrogen functional groups attached to an aromatic ring is 1. The monoisotopic (exact) mass is 592 g/mol. The Morgan fingerprint density at radius 2 is 1.70 bits per heavy atom. The SMILES string of the molecule is COc1cc(-c2cn([C@H]3CC[C@@H](N4CCN(C)CC4)CC3)c3ncnc(N)c23)ccc1NC(=O)c1cc2ccccc2n1C. The molecule has 1 aliphatic carbocycles. The fraction of sp³-hybridized carbons (Fsp3) is 0.382. The van der Waals surface area contributed by atoms with Gasteiger partial charge >= 0.3 is 0 Å². The van der Waals surface area contributed by atoms with Crippen molar-refractivity contribution in [2.75, 3.05) is 51.4 Å². The van der Waals surface area contributed by atoms with E-state index in [1.807, 2.05) is 60.1 Å². The van der Waals surface area contributed by atoms with Crippen LogP contribution >= 0.6 is 0 Å². The van der Waals surface area contributed by atoms with Crippen LogP contribution in [0.25, 0.3) is 33.1 Å². The molecule has 7 rings (SSSR count). The third-order valence-corrected chi connectivity index (χ3v) is 9.70. The van der Waals surface area contributed by atoms with Gasteiger partial charge in [-0.2, -0.15) is 0 Å². The fourth-order valence-electron chi connectivity index (χ4n) is 7.15. The summed E-state index contributed by atoms with van der Waals surface area (Å²) >= 11 is 0. The smallest absolute Gasteiger partial charge is 0.272 e. The van der Waals surface area contributed by atoms with Crippen molar-refractivity contribution in [3.63, 3.8) is 0 Å². The number of nitrogens with two attached hydrogens (primary N) is 1. The number of amides is 1. The van der Waals surface area contributed by atoms with Gasteiger partial charge in [-0.05, 0) is 62.6 Å². The highest BCUT2D eigenvalue weighted by molar-refractivity contribution is 6.07. The number of carbonyl (C=O) groups is 1. The highest BCUT2D eigenvalue weighted by Crippen LogP contribution is 2.41. The summed E-state index contributed by atoms with van der Waals surface area (Å²) in [6.45, 7) is 4.62. The Balaban J connectivity index is 1.15. The van der Waals surface area contributed by atoms with E-state index in [0.717, 1.165) is 72.1 Å². The summed E-state index contributed by atoms with van der Waals surface area (Å²) in [5, 5.41) is 4.92. The minimum Gasteiger partial charge on any atom is -0.495 e. The molecule has 4 heterocycles. The number of likely N-dealkylation sites (N-methyl/N-ethyl adjacent to an activating group) is 1. The van der Waals surface area contributed by atoms with Crippen LogP contribution in [0, 0.1) is 0 Å². The zero-order valence-corrected chi connectivity index (χ0v) is 25.7. The lowest BCUT2D eigenvalue weighted by molar-refractivity contribution is 0.0828. The fourth-order valence-corrected chi connectivity index (χ4v) is 7.15. The number of carbonyl (C=O) groups excluding carboxylic acids is 1. The van der Waals surface area contributed by atoms with Crippen molar-refractivity contribution in [1.29, 1.82) is 0 Å². The molecule has 0 atom stereocenters. The molecule has 2 aliphatic rings. The zero-order chi connectivity index (χ0) is 30.4. The van der Waals surface area contributed by atoms with Gasteiger partial charge in [0.25, 0.3) is 5.91 Å². The molecule has 44 heavy (non-hydrogen) atoms. The first kappa shape index (κ1) is 28.4. The van der Waals surface area contributed by atoms with Gasteiger partial charge in [0.05, 0.1) is 18.2 Å². The average molecular weight is 593 g/mol. The van der Waals surface area contributed by atoms with E-state index in [0.29, 0.717) is 35.0 Å². The van der Waals surface area contributed by atoms with Crippen LogP contribution < -0.4 is 15.8 Å². The number of anilines is 2. The van der Waals surface area contributed by atoms with E-state index in [4.69, 9.17) is 15.5 Å². The molecule has 10 heteroatoms. The van der Waals surface area contributed by atoms with E-state index in [1.165, 1.54) is 12.8 Å². The second kappa shape index (κ2) is 11.6. The summed E-state index contributed by atoms with van der Waals surface area (Å²) in [7, 11) is 5.73. The number of nitrogens with zero attached hydrogens (tertiary/aromatic N) is 6. The number of nitrogens with one attached hydrogen (secondary N) is 1. The van der Waals surface area contributed by atoms with E-state index in [-0.39, 0.29) is 5.91 Å². The highest BCUT2D eigenvalue weighted by atomic mass is 16.5. The van der Waals surface area contributed by atoms with Crippen molar-refractivity contribution in [2.45, 2.75) is 37.8 Å². The number of rotatable bonds is 6. The van der Waals surface area contributed by atoms with Gasteiger partial charge in [-0.15, -0.1) is 0 Å². The first-order valence-electron chi connectivity index (χ1n) is 15.5. The Morgan fingerprint density at radius 3 is 2.45 bits per heavy atom. The van der Waals surface area contributed by atoms with Crippen LogP contribution in [0.1, 0.15) is 42.2 Å². The summed E-state index contributed by atoms with van der Waals surface area (Å²) in [5.41, 5.74) is 11.4. The summed E-state index contributed by atoms with van der Waals surface area (Å²) in [6.07, 6.45) is 8.31. The maximum atomic E-state index is 13.3. The van der Waals surface area contributed by atoms with Crippen molar-refractivity contribution in [3.05, 3.63) is 66.7 Å². The number of hydrogen-bond donors (Lipinski definition) is 2. The summed E-state index contributed by atoms with van der Waals surface area (Å²) < 4.78 is 9.99. The molecule has 1 aliphatic heterocycles. The number of benzene rings is 2. The maximum absolute atomic E-state index is 13.3. The summed E-state index contributed by atoms with van der Waals surface area (Å²) in [6, 6.07) is 16.7. The quantitative estimate of drug-likeness (QED) is 0.280. The molecule has 2 fully saturated rings. The number of aryl methyl sites for hydroxylation is 1. The van der Waals surface area contributed by atoms with Crippen LogP contribution in [0.2, 0.25) is 0 Å². The summed E-state index contributed by atoms with van der Waals surface area (Å²) in [5.74, 6) is 0.830. The van der Waals surface area contributed by atoms with Gasteiger partial charge in [0, 0.05) is 68.0 Å². The standard InChI is InChI=1S/C34H40N8O2/c1-39-14-16-41(17-15-39)24-9-11-25(12-10-24)42-20-26(31-32(35)36-21-37-33(31)42)22-8-13-27(30(19-22)44-3)38-34(43)29-18-23-6-4-5-7-28(23)40(29)2/h4-8,13,18-21,24-25H,9-12,14-17H2,1-3H3,(H,38,43)(H2,35,36,37)/t24-,25+. The Labute approximate surface area is 257 Å². The van der Waals surface area contributed by atoms with Gasteiger partial charge in [0.1, 0.15) is 29.2 Å². The lowest BCUT2D eigenvalue weighted by Gasteiger charge is -2.41. The van der Waals surface area contributed by atoms with E-state index >= 15 is 0 Å². The Hall–Kier alpha value is -4.41. The molecular formula is C34H40N8O2. The van der Waals surface area contributed by atoms with Gasteiger partial charge in [-0.25, -0.2) is 9.97 Å². The predicted octanol–water partition coefficient (Wildman–Crippen LogP) is 5.16. The third-order valence-electron chi connectivity index (χ3n) is 9.70. The van der Waals surface area contributed by atoms with E-state index < -0.39 is 0 Å². The summed E-state index contributed by atoms with van der Waals surface area (Å²) in [4.78, 5) is 27.5. The van der Waals surface area contributed by atoms with E-state index in [1.54, 1.807) is 13.4 Å². The molecule has 0 spiro atoms. The minimum atomic E-state index is -0.198. The van der Waals surface area contributed by atoms with E-state index in [2.05, 4.69) is 37.9 Å². The second-order valence-corrected chi connectivity index (χ2v) is 12.2. The maximum Gasteiger partial charge on any atom is 0.272 e. The number of aromatic nitrogens is 4. The van der Waals surface area contributed by atoms with Crippen molar-refractivity contribution in [3.8, 4) is 16.9 Å². The average Bonchev–Trinajstić information content (AvgIpc) is 3.61. The highest BCUT2D eigenvalue weighted by Gasteiger charge is 2.30. The molecule has 3 aromatic heterocycles. The molecule has 0 bridgehead atoms. The van der Waals surface area contributed by atoms with Crippen LogP contribution in [-0.2, 0) is 7.05 Å². The van der Waals surface area contributed by atoms with Crippen LogP contribution in [0.3, 0.4) is 0 Å². The normalized spacial score (nSPS) is 19.9. The number of hydrogen-bond acceptors (Lipinski definition) is 7. The van der Waals surface area contributed by atoms with Crippen LogP contribution in [0.15, 0.2) is 61.1 Å². The molecule has 10 nitrogen and oxygen atoms in total. The molecule has 5 aromatic rings. The lowest BCUT2D eigenvalue weighted by Crippen LogP contribution is -2.49. The first-order chi connectivity index (χ1) is 21.4. The minimum absolute atomic E-state index is 0.198. The second-order valence-electron chi connectivity index (χ2n) is 12.2. The van der Waals surface area contributed by atoms with E-state index in [9.17, 15) is 4.79 Å². The molecule has 0 radical (unpaired) electrons. The van der Waals surface area contributed by atoms with Gasteiger partial charge in [-0.3, -0.25) is 9.69 Å². The lowest BCUT2D eigenvalue weighted by atomic mass is 9.89. The van der Waals surface area contributed by atoms with Crippen molar-refractivity contribution in [1.82, 2.24) is 28.9 Å². The van der Waals surface area contributed by atoms with Gasteiger partial charge in [-0.1, -0.05) is 24.3 Å². The third kappa shape index (κ3) is 5.07. The van der Waals surface area contributed by atoms with Crippen LogP contribution in [-0.4, -0.2) is 81.2 Å². The number of fused-ring (bicyclic) bond motifs is 2. The van der Waals surface area contributed by atoms with Crippen LogP contribution in [0.5, 0.6) is 5.75 Å². The van der Waals surface area contributed by atoms with Crippen molar-refractivity contribution < 1.29 is 9.53 Å². The molecular weight excluding hydrogens is 552 g/mol. The largest absolute Gasteiger partial charge is 0.495 e. The molecule has 1 amide bonds. The molecule has 1 saturated heterocycles. The molecule has 228 valence electrons. The molecule has 1 saturated carbocycles. The Bertz CT molecular complexity index is 1830. The Morgan fingerprint density at radius 1 is 0.955 bits per heavy atom. The van der Waals surface area contributed by atoms with Crippen molar-refractivity contribution >= 4 is 39.3 Å². The van der Waals surface area contributed by atoms with Gasteiger partial charge < -0.3 is 29.8 Å². The van der Waals surface area contributed by atoms with Crippen LogP contribution in [0.4, 0.5) is 11.5 Å². The predicted molar refractivity (Wildman–Crippen MR) is 175 cm³/mol. The number of piperazine rings is 1. The first-order valence-corrected chi connectivity index (χ1v) is 15.5. The number of methoxy groups -OCH3 is 1. The van der Waals surface area contributed by atoms with Crippen molar-refractivity contribution in [2.24, 2.45) is 7.05 Å². The number of ether oxygens (including phenoxy) is 1. The zero-order valence-electron chi connectivity index (χ0n) is 25.7. The topological polar surface area (TPSA) is 106 Å². The molecule has 2 aromatic carbocycles. The number of para-hydroxylation sites is 1.